The SMILES string of the molecule is CCCc1c([C@H]2CCCc3sc(N)c(C#N)c32)noc1-c1nc(OCC2CCCN2C)c2c(n1)n(C13COC(C1)C3)c(=O)n2C. The van der Waals surface area contributed by atoms with Crippen LogP contribution in [0.25, 0.3) is 22.7 Å². The molecule has 2 atom stereocenters. The van der Waals surface area contributed by atoms with Crippen LogP contribution in [0.5, 0.6) is 5.88 Å². The van der Waals surface area contributed by atoms with Crippen molar-refractivity contribution in [3.05, 3.63) is 37.7 Å². The van der Waals surface area contributed by atoms with E-state index in [2.05, 4.69) is 30.1 Å². The van der Waals surface area contributed by atoms with Crippen molar-refractivity contribution in [3.8, 4) is 23.5 Å². The van der Waals surface area contributed by atoms with Gasteiger partial charge in [0.2, 0.25) is 17.5 Å². The van der Waals surface area contributed by atoms with Crippen molar-refractivity contribution in [2.45, 2.75) is 88.3 Å². The summed E-state index contributed by atoms with van der Waals surface area (Å²) >= 11 is 1.51. The Kier molecular flexibility index (Phi) is 6.81. The van der Waals surface area contributed by atoms with E-state index in [1.807, 2.05) is 4.57 Å². The molecule has 4 fully saturated rings. The first-order chi connectivity index (χ1) is 21.8. The molecule has 0 amide bonds. The molecule has 7 heterocycles. The summed E-state index contributed by atoms with van der Waals surface area (Å²) in [6.07, 6.45) is 8.23. The molecule has 5 aliphatic rings. The summed E-state index contributed by atoms with van der Waals surface area (Å²) in [4.78, 5) is 27.3. The normalized spacial score (nSPS) is 25.9. The number of aryl methyl sites for hydroxylation is 2. The minimum absolute atomic E-state index is 0.0929. The van der Waals surface area contributed by atoms with Crippen LogP contribution < -0.4 is 16.2 Å². The predicted octanol–water partition coefficient (Wildman–Crippen LogP) is 4.08. The largest absolute Gasteiger partial charge is 0.474 e. The maximum absolute atomic E-state index is 13.8. The van der Waals surface area contributed by atoms with E-state index < -0.39 is 5.54 Å². The first kappa shape index (κ1) is 28.7. The zero-order chi connectivity index (χ0) is 31.0. The van der Waals surface area contributed by atoms with E-state index in [4.69, 9.17) is 29.7 Å². The fraction of sp³-hybridized carbons (Fsp3) is 0.594. The third-order valence-electron chi connectivity index (χ3n) is 10.5. The second kappa shape index (κ2) is 10.7. The number of nitrogens with zero attached hydrogens (tertiary/aromatic N) is 7. The highest BCUT2D eigenvalue weighted by Gasteiger charge is 2.55. The van der Waals surface area contributed by atoms with Gasteiger partial charge in [-0.3, -0.25) is 9.13 Å². The third-order valence-corrected chi connectivity index (χ3v) is 11.6. The molecule has 4 aromatic heterocycles. The van der Waals surface area contributed by atoms with E-state index in [9.17, 15) is 10.1 Å². The van der Waals surface area contributed by atoms with Crippen LogP contribution in [0.1, 0.15) is 85.0 Å². The summed E-state index contributed by atoms with van der Waals surface area (Å²) in [5.41, 5.74) is 10.1. The van der Waals surface area contributed by atoms with E-state index in [-0.39, 0.29) is 23.8 Å². The van der Waals surface area contributed by atoms with E-state index in [0.717, 1.165) is 79.6 Å². The Morgan fingerprint density at radius 1 is 1.22 bits per heavy atom. The Balaban J connectivity index is 1.29. The monoisotopic (exact) mass is 630 g/mol. The lowest BCUT2D eigenvalue weighted by atomic mass is 9.78. The maximum atomic E-state index is 13.8. The van der Waals surface area contributed by atoms with Gasteiger partial charge in [-0.05, 0) is 70.5 Å². The first-order valence-corrected chi connectivity index (χ1v) is 16.9. The number of aromatic nitrogens is 5. The summed E-state index contributed by atoms with van der Waals surface area (Å²) in [7, 11) is 3.87. The lowest BCUT2D eigenvalue weighted by molar-refractivity contribution is 0.113. The molecule has 236 valence electrons. The molecule has 0 aromatic carbocycles. The molecule has 1 unspecified atom stereocenters. The number of likely N-dealkylation sites (tertiary alicyclic amines) is 1. The molecular formula is C32H38N8O4S. The number of nitrogen functional groups attached to an aromatic ring is 1. The van der Waals surface area contributed by atoms with Crippen LogP contribution >= 0.6 is 11.3 Å². The van der Waals surface area contributed by atoms with Crippen molar-refractivity contribution >= 4 is 27.5 Å². The van der Waals surface area contributed by atoms with Gasteiger partial charge in [-0.2, -0.15) is 10.2 Å². The van der Waals surface area contributed by atoms with Gasteiger partial charge < -0.3 is 24.6 Å². The van der Waals surface area contributed by atoms with Crippen LogP contribution in [-0.4, -0.2) is 68.1 Å². The molecule has 45 heavy (non-hydrogen) atoms. The molecule has 9 rings (SSSR count). The summed E-state index contributed by atoms with van der Waals surface area (Å²) in [6.45, 7) is 4.10. The van der Waals surface area contributed by atoms with Gasteiger partial charge in [0, 0.05) is 29.4 Å². The number of thiophene rings is 1. The highest BCUT2D eigenvalue weighted by molar-refractivity contribution is 7.16. The maximum Gasteiger partial charge on any atom is 0.330 e. The average Bonchev–Trinajstić information content (AvgIpc) is 3.86. The lowest BCUT2D eigenvalue weighted by Gasteiger charge is -2.36. The predicted molar refractivity (Wildman–Crippen MR) is 169 cm³/mol. The minimum atomic E-state index is -0.417. The highest BCUT2D eigenvalue weighted by atomic mass is 32.1. The molecule has 0 radical (unpaired) electrons. The van der Waals surface area contributed by atoms with Crippen molar-refractivity contribution < 1.29 is 14.0 Å². The quantitative estimate of drug-likeness (QED) is 0.302. The second-order valence-corrected chi connectivity index (χ2v) is 14.4. The summed E-state index contributed by atoms with van der Waals surface area (Å²) in [5.74, 6) is 1.12. The van der Waals surface area contributed by atoms with Crippen LogP contribution in [-0.2, 0) is 30.2 Å². The second-order valence-electron chi connectivity index (χ2n) is 13.2. The smallest absolute Gasteiger partial charge is 0.330 e. The zero-order valence-electron chi connectivity index (χ0n) is 26.0. The lowest BCUT2D eigenvalue weighted by Crippen LogP contribution is -2.48. The van der Waals surface area contributed by atoms with Gasteiger partial charge >= 0.3 is 5.69 Å². The Morgan fingerprint density at radius 2 is 2.07 bits per heavy atom. The van der Waals surface area contributed by atoms with Crippen molar-refractivity contribution in [2.24, 2.45) is 7.05 Å². The Labute approximate surface area is 264 Å². The molecule has 13 heteroatoms. The van der Waals surface area contributed by atoms with E-state index >= 15 is 0 Å². The summed E-state index contributed by atoms with van der Waals surface area (Å²) in [6, 6.07) is 2.62. The Hall–Kier alpha value is -3.73. The number of nitrogens with two attached hydrogens (primary N) is 1. The number of imidazole rings is 1. The number of hydrogen-bond donors (Lipinski definition) is 1. The van der Waals surface area contributed by atoms with Gasteiger partial charge in [0.15, 0.2) is 11.2 Å². The van der Waals surface area contributed by atoms with Gasteiger partial charge in [0.05, 0.1) is 29.5 Å². The number of fused-ring (bicyclic) bond motifs is 3. The molecule has 3 saturated heterocycles. The van der Waals surface area contributed by atoms with E-state index in [1.165, 1.54) is 11.3 Å². The molecule has 2 N–H and O–H groups in total. The molecule has 3 aliphatic heterocycles. The van der Waals surface area contributed by atoms with Crippen LogP contribution in [0.15, 0.2) is 9.32 Å². The van der Waals surface area contributed by atoms with Crippen LogP contribution in [0, 0.1) is 11.3 Å². The number of likely N-dealkylation sites (N-methyl/N-ethyl adjacent to an activating group) is 1. The van der Waals surface area contributed by atoms with Gasteiger partial charge in [0.25, 0.3) is 0 Å². The molecule has 2 bridgehead atoms. The summed E-state index contributed by atoms with van der Waals surface area (Å²) in [5, 5.41) is 15.2. The number of anilines is 1. The van der Waals surface area contributed by atoms with Crippen molar-refractivity contribution in [3.63, 3.8) is 0 Å². The van der Waals surface area contributed by atoms with Crippen LogP contribution in [0.3, 0.4) is 0 Å². The molecule has 2 aliphatic carbocycles. The standard InChI is InChI=1S/C32H38N8O4S/c1-4-7-20-24(19-9-5-10-22-23(19)21(14-33)27(34)45-22)37-44-26(20)28-35-29-25(30(36-28)42-15-17-8-6-11-38(17)2)39(3)31(41)40(29)32-12-18(13-32)43-16-32/h17-19H,4-13,15-16,34H2,1-3H3/t17?,18?,19-,32?/m0/s1. The summed E-state index contributed by atoms with van der Waals surface area (Å²) < 4.78 is 22.0. The van der Waals surface area contributed by atoms with Crippen LogP contribution in [0.4, 0.5) is 5.00 Å². The molecule has 12 nitrogen and oxygen atoms in total. The molecule has 1 saturated carbocycles. The number of hydrogen-bond acceptors (Lipinski definition) is 11. The highest BCUT2D eigenvalue weighted by Crippen LogP contribution is 2.50. The third kappa shape index (κ3) is 4.29. The molecule has 4 aromatic rings. The molecular weight excluding hydrogens is 592 g/mol. The van der Waals surface area contributed by atoms with Crippen molar-refractivity contribution in [2.75, 3.05) is 32.5 Å². The number of nitriles is 1. The van der Waals surface area contributed by atoms with Crippen LogP contribution in [0.2, 0.25) is 0 Å². The van der Waals surface area contributed by atoms with Gasteiger partial charge in [-0.1, -0.05) is 18.5 Å². The zero-order valence-corrected chi connectivity index (χ0v) is 26.8. The van der Waals surface area contributed by atoms with Crippen molar-refractivity contribution in [1.29, 1.82) is 5.26 Å². The Bertz CT molecular complexity index is 1900. The Morgan fingerprint density at radius 3 is 2.78 bits per heavy atom. The first-order valence-electron chi connectivity index (χ1n) is 16.1. The average molecular weight is 631 g/mol. The minimum Gasteiger partial charge on any atom is -0.474 e. The van der Waals surface area contributed by atoms with Gasteiger partial charge in [-0.15, -0.1) is 11.3 Å². The molecule has 0 spiro atoms. The fourth-order valence-electron chi connectivity index (χ4n) is 8.07. The number of rotatable bonds is 8. The van der Waals surface area contributed by atoms with E-state index in [1.54, 1.807) is 11.6 Å². The fourth-order valence-corrected chi connectivity index (χ4v) is 9.20. The van der Waals surface area contributed by atoms with Crippen molar-refractivity contribution in [1.82, 2.24) is 29.2 Å². The number of ether oxygens (including phenoxy) is 2. The topological polar surface area (TPSA) is 150 Å². The van der Waals surface area contributed by atoms with Gasteiger partial charge in [-0.25, -0.2) is 9.78 Å². The van der Waals surface area contributed by atoms with Gasteiger partial charge in [0.1, 0.15) is 17.7 Å². The van der Waals surface area contributed by atoms with E-state index in [0.29, 0.717) is 58.8 Å².